The lowest BCUT2D eigenvalue weighted by Gasteiger charge is -2.36. The lowest BCUT2D eigenvalue weighted by molar-refractivity contribution is -0.157. The first-order chi connectivity index (χ1) is 18.1. The van der Waals surface area contributed by atoms with Gasteiger partial charge in [0.25, 0.3) is 0 Å². The van der Waals surface area contributed by atoms with Gasteiger partial charge in [0.1, 0.15) is 17.2 Å². The van der Waals surface area contributed by atoms with Gasteiger partial charge in [-0.2, -0.15) is 0 Å². The zero-order valence-electron chi connectivity index (χ0n) is 22.4. The van der Waals surface area contributed by atoms with Crippen LogP contribution in [-0.2, 0) is 31.0 Å². The highest BCUT2D eigenvalue weighted by molar-refractivity contribution is 7.99. The van der Waals surface area contributed by atoms with Crippen molar-refractivity contribution in [3.8, 4) is 5.75 Å². The van der Waals surface area contributed by atoms with E-state index in [9.17, 15) is 9.18 Å². The molecule has 1 fully saturated rings. The van der Waals surface area contributed by atoms with E-state index in [1.165, 1.54) is 11.8 Å². The Morgan fingerprint density at radius 1 is 0.947 bits per heavy atom. The summed E-state index contributed by atoms with van der Waals surface area (Å²) in [6.45, 7) is 6.57. The van der Waals surface area contributed by atoms with Crippen LogP contribution < -0.4 is 4.74 Å². The molecule has 0 spiro atoms. The number of carbonyl (C=O) groups is 1. The minimum absolute atomic E-state index is 0.122. The lowest BCUT2D eigenvalue weighted by Crippen LogP contribution is -2.35. The molecule has 0 N–H and O–H groups in total. The Morgan fingerprint density at radius 2 is 1.58 bits per heavy atom. The van der Waals surface area contributed by atoms with Crippen LogP contribution in [0.25, 0.3) is 0 Å². The van der Waals surface area contributed by atoms with Crippen molar-refractivity contribution >= 4 is 17.7 Å². The maximum Gasteiger partial charge on any atom is 0.344 e. The van der Waals surface area contributed by atoms with Gasteiger partial charge in [-0.05, 0) is 86.3 Å². The van der Waals surface area contributed by atoms with Gasteiger partial charge in [0.2, 0.25) is 0 Å². The van der Waals surface area contributed by atoms with Crippen molar-refractivity contribution in [2.45, 2.75) is 61.0 Å². The molecule has 1 aliphatic rings. The van der Waals surface area contributed by atoms with Gasteiger partial charge in [-0.25, -0.2) is 9.18 Å². The van der Waals surface area contributed by atoms with Crippen LogP contribution in [0.3, 0.4) is 0 Å². The van der Waals surface area contributed by atoms with E-state index < -0.39 is 17.2 Å². The Kier molecular flexibility index (Phi) is 9.13. The highest BCUT2D eigenvalue weighted by Gasteiger charge is 2.35. The van der Waals surface area contributed by atoms with Gasteiger partial charge < -0.3 is 18.9 Å². The Morgan fingerprint density at radius 3 is 2.18 bits per heavy atom. The van der Waals surface area contributed by atoms with Gasteiger partial charge in [-0.1, -0.05) is 36.0 Å². The molecule has 0 aliphatic carbocycles. The van der Waals surface area contributed by atoms with E-state index in [1.54, 1.807) is 19.2 Å². The summed E-state index contributed by atoms with van der Waals surface area (Å²) in [4.78, 5) is 13.7. The molecule has 0 unspecified atom stereocenters. The lowest BCUT2D eigenvalue weighted by atomic mass is 9.86. The summed E-state index contributed by atoms with van der Waals surface area (Å²) in [5.74, 6) is -0.0318. The monoisotopic (exact) mass is 538 g/mol. The second-order valence-corrected chi connectivity index (χ2v) is 11.6. The molecule has 0 saturated carbocycles. The molecular formula is C31H35FO5S. The van der Waals surface area contributed by atoms with Crippen molar-refractivity contribution in [3.63, 3.8) is 0 Å². The number of rotatable bonds is 9. The molecule has 3 aromatic rings. The Labute approximate surface area is 228 Å². The third kappa shape index (κ3) is 7.82. The van der Waals surface area contributed by atoms with Crippen molar-refractivity contribution in [1.82, 2.24) is 0 Å². The van der Waals surface area contributed by atoms with E-state index >= 15 is 0 Å². The van der Waals surface area contributed by atoms with E-state index in [0.29, 0.717) is 31.8 Å². The maximum atomic E-state index is 14.5. The molecule has 7 heteroatoms. The number of carbonyl (C=O) groups excluding carboxylic acids is 1. The van der Waals surface area contributed by atoms with Gasteiger partial charge in [-0.3, -0.25) is 0 Å². The molecule has 0 bridgehead atoms. The first-order valence-electron chi connectivity index (χ1n) is 12.8. The Bertz CT molecular complexity index is 1210. The first kappa shape index (κ1) is 28.1. The molecule has 0 amide bonds. The van der Waals surface area contributed by atoms with Crippen molar-refractivity contribution in [1.29, 1.82) is 0 Å². The molecule has 1 heterocycles. The minimum atomic E-state index is -0.532. The number of hydrogen-bond donors (Lipinski definition) is 0. The van der Waals surface area contributed by atoms with Crippen LogP contribution in [0, 0.1) is 5.82 Å². The molecule has 4 rings (SSSR count). The summed E-state index contributed by atoms with van der Waals surface area (Å²) >= 11 is 1.54. The summed E-state index contributed by atoms with van der Waals surface area (Å²) in [6.07, 6.45) is 2.19. The summed E-state index contributed by atoms with van der Waals surface area (Å²) in [6, 6.07) is 21.2. The van der Waals surface area contributed by atoms with Crippen LogP contribution in [0.5, 0.6) is 5.75 Å². The zero-order valence-corrected chi connectivity index (χ0v) is 23.2. The molecule has 1 aliphatic heterocycles. The van der Waals surface area contributed by atoms with Crippen LogP contribution >= 0.6 is 11.8 Å². The van der Waals surface area contributed by atoms with Crippen molar-refractivity contribution in [2.75, 3.05) is 26.9 Å². The van der Waals surface area contributed by atoms with Crippen molar-refractivity contribution < 1.29 is 28.1 Å². The second-order valence-electron chi connectivity index (χ2n) is 10.4. The average Bonchev–Trinajstić information content (AvgIpc) is 2.88. The number of halogens is 1. The molecule has 3 aromatic carbocycles. The second kappa shape index (κ2) is 12.3. The van der Waals surface area contributed by atoms with Gasteiger partial charge in [0.05, 0.1) is 5.60 Å². The average molecular weight is 539 g/mol. The molecule has 0 radical (unpaired) electrons. The van der Waals surface area contributed by atoms with Crippen LogP contribution in [0.4, 0.5) is 4.39 Å². The standard InChI is InChI=1S/C31H35FO5S/c1-30(2,3)37-29(33)21-36-26-9-5-22(6-10-26)17-23-7-11-27(12-8-23)38-28-19-24(18-25(32)20-28)31(34-4)13-15-35-16-14-31/h5-12,18-20H,13-17,21H2,1-4H3. The number of ether oxygens (including phenoxy) is 4. The summed E-state index contributed by atoms with van der Waals surface area (Å²) in [5.41, 5.74) is 2.12. The van der Waals surface area contributed by atoms with Crippen molar-refractivity contribution in [3.05, 3.63) is 89.2 Å². The third-order valence-corrected chi connectivity index (χ3v) is 7.34. The topological polar surface area (TPSA) is 54.0 Å². The molecular weight excluding hydrogens is 503 g/mol. The predicted octanol–water partition coefficient (Wildman–Crippen LogP) is 6.94. The van der Waals surface area contributed by atoms with Gasteiger partial charge >= 0.3 is 5.97 Å². The SMILES string of the molecule is COC1(c2cc(F)cc(Sc3ccc(Cc4ccc(OCC(=O)OC(C)(C)C)cc4)cc3)c2)CCOCC1. The fraction of sp³-hybridized carbons (Fsp3) is 0.387. The normalized spacial score (nSPS) is 15.2. The number of benzene rings is 3. The zero-order chi connectivity index (χ0) is 27.2. The van der Waals surface area contributed by atoms with Gasteiger partial charge in [-0.15, -0.1) is 0 Å². The number of esters is 1. The molecule has 1 saturated heterocycles. The van der Waals surface area contributed by atoms with E-state index in [1.807, 2.05) is 51.1 Å². The Balaban J connectivity index is 1.35. The first-order valence-corrected chi connectivity index (χ1v) is 13.6. The van der Waals surface area contributed by atoms with Crippen LogP contribution in [0.1, 0.15) is 50.3 Å². The fourth-order valence-corrected chi connectivity index (χ4v) is 5.36. The quantitative estimate of drug-likeness (QED) is 0.275. The van der Waals surface area contributed by atoms with Gasteiger partial charge in [0, 0.05) is 43.0 Å². The van der Waals surface area contributed by atoms with E-state index in [-0.39, 0.29) is 12.4 Å². The fourth-order valence-electron chi connectivity index (χ4n) is 4.46. The molecule has 5 nitrogen and oxygen atoms in total. The summed E-state index contributed by atoms with van der Waals surface area (Å²) < 4.78 is 36.7. The van der Waals surface area contributed by atoms with Crippen LogP contribution in [0.15, 0.2) is 76.5 Å². The van der Waals surface area contributed by atoms with E-state index in [4.69, 9.17) is 18.9 Å². The number of hydrogen-bond acceptors (Lipinski definition) is 6. The molecule has 0 atom stereocenters. The predicted molar refractivity (Wildman–Crippen MR) is 146 cm³/mol. The van der Waals surface area contributed by atoms with Crippen molar-refractivity contribution in [2.24, 2.45) is 0 Å². The Hall–Kier alpha value is -2.87. The van der Waals surface area contributed by atoms with Crippen LogP contribution in [-0.4, -0.2) is 38.5 Å². The summed E-state index contributed by atoms with van der Waals surface area (Å²) in [7, 11) is 1.69. The molecule has 38 heavy (non-hydrogen) atoms. The largest absolute Gasteiger partial charge is 0.482 e. The maximum absolute atomic E-state index is 14.5. The van der Waals surface area contributed by atoms with Crippen LogP contribution in [0.2, 0.25) is 0 Å². The highest BCUT2D eigenvalue weighted by atomic mass is 32.2. The van der Waals surface area contributed by atoms with E-state index in [0.717, 1.165) is 32.9 Å². The van der Waals surface area contributed by atoms with Gasteiger partial charge in [0.15, 0.2) is 6.61 Å². The number of methoxy groups -OCH3 is 1. The smallest absolute Gasteiger partial charge is 0.344 e. The third-order valence-electron chi connectivity index (χ3n) is 6.36. The van der Waals surface area contributed by atoms with E-state index in [2.05, 4.69) is 24.3 Å². The highest BCUT2D eigenvalue weighted by Crippen LogP contribution is 2.39. The summed E-state index contributed by atoms with van der Waals surface area (Å²) in [5, 5.41) is 0. The molecule has 0 aromatic heterocycles. The minimum Gasteiger partial charge on any atom is -0.482 e. The molecule has 202 valence electrons.